The molecule has 5 heteroatoms. The van der Waals surface area contributed by atoms with Crippen LogP contribution in [0.25, 0.3) is 0 Å². The molecule has 0 aromatic carbocycles. The molecule has 82 valence electrons. The number of carbonyl (C=O) groups is 2. The van der Waals surface area contributed by atoms with E-state index < -0.39 is 11.5 Å². The summed E-state index contributed by atoms with van der Waals surface area (Å²) in [6.45, 7) is -0.397. The Morgan fingerprint density at radius 1 is 1.53 bits per heavy atom. The molecule has 1 amide bonds. The lowest BCUT2D eigenvalue weighted by Gasteiger charge is -2.39. The highest BCUT2D eigenvalue weighted by molar-refractivity contribution is 5.89. The fraction of sp³-hybridized carbons (Fsp3) is 0.600. The van der Waals surface area contributed by atoms with E-state index in [1.165, 1.54) is 0 Å². The number of carboxylic acids is 1. The lowest BCUT2D eigenvalue weighted by atomic mass is 9.76. The first kappa shape index (κ1) is 11.5. The first-order valence-electron chi connectivity index (χ1n) is 4.73. The van der Waals surface area contributed by atoms with E-state index in [4.69, 9.17) is 17.3 Å². The first-order chi connectivity index (χ1) is 6.99. The molecule has 0 atom stereocenters. The third-order valence-electron chi connectivity index (χ3n) is 2.57. The highest BCUT2D eigenvalue weighted by Gasteiger charge is 2.42. The second kappa shape index (κ2) is 4.32. The number of rotatable bonds is 4. The molecule has 15 heavy (non-hydrogen) atoms. The molecule has 0 aromatic rings. The van der Waals surface area contributed by atoms with E-state index in [2.05, 4.69) is 5.92 Å². The van der Waals surface area contributed by atoms with E-state index in [0.717, 1.165) is 11.3 Å². The topological polar surface area (TPSA) is 83.6 Å². The molecule has 0 radical (unpaired) electrons. The molecule has 0 saturated heterocycles. The van der Waals surface area contributed by atoms with Crippen LogP contribution in [0.5, 0.6) is 0 Å². The smallest absolute Gasteiger partial charge is 0.323 e. The third kappa shape index (κ3) is 2.48. The van der Waals surface area contributed by atoms with E-state index in [-0.39, 0.29) is 19.0 Å². The second-order valence-electron chi connectivity index (χ2n) is 3.77. The van der Waals surface area contributed by atoms with Gasteiger partial charge in [0.25, 0.3) is 0 Å². The van der Waals surface area contributed by atoms with Gasteiger partial charge in [-0.3, -0.25) is 9.59 Å². The summed E-state index contributed by atoms with van der Waals surface area (Å²) in [7, 11) is 0. The number of hydrogen-bond acceptors (Lipinski definition) is 3. The molecular formula is C10H14N2O3. The second-order valence-corrected chi connectivity index (χ2v) is 3.77. The Kier molecular flexibility index (Phi) is 3.32. The minimum atomic E-state index is -1.08. The summed E-state index contributed by atoms with van der Waals surface area (Å²) in [6.07, 6.45) is 7.18. The number of hydrogen-bond donors (Lipinski definition) is 2. The van der Waals surface area contributed by atoms with Crippen molar-refractivity contribution < 1.29 is 14.7 Å². The molecule has 0 aromatic heterocycles. The summed E-state index contributed by atoms with van der Waals surface area (Å²) < 4.78 is 0. The maximum absolute atomic E-state index is 11.8. The Morgan fingerprint density at radius 2 is 2.13 bits per heavy atom. The van der Waals surface area contributed by atoms with Crippen molar-refractivity contribution in [3.63, 3.8) is 0 Å². The van der Waals surface area contributed by atoms with Gasteiger partial charge in [-0.05, 0) is 19.3 Å². The Hall–Kier alpha value is -1.54. The largest absolute Gasteiger partial charge is 0.480 e. The van der Waals surface area contributed by atoms with Crippen LogP contribution in [0.4, 0.5) is 0 Å². The van der Waals surface area contributed by atoms with Gasteiger partial charge in [0.2, 0.25) is 5.91 Å². The standard InChI is InChI=1S/C10H14N2O3/c1-2-6-12(7-8(13)14)9(15)10(11)4-3-5-10/h1H,3-7,11H2,(H,13,14). The Bertz CT molecular complexity index is 315. The average molecular weight is 210 g/mol. The number of nitrogens with zero attached hydrogens (tertiary/aromatic N) is 1. The predicted octanol–water partition coefficient (Wildman–Crippen LogP) is -0.586. The average Bonchev–Trinajstić information content (AvgIpc) is 2.11. The predicted molar refractivity (Wildman–Crippen MR) is 53.8 cm³/mol. The summed E-state index contributed by atoms with van der Waals surface area (Å²) in [5, 5.41) is 8.61. The van der Waals surface area contributed by atoms with Crippen LogP contribution in [0.3, 0.4) is 0 Å². The normalized spacial score (nSPS) is 17.3. The molecule has 1 rings (SSSR count). The maximum atomic E-state index is 11.8. The molecule has 0 unspecified atom stereocenters. The van der Waals surface area contributed by atoms with Gasteiger partial charge < -0.3 is 15.7 Å². The van der Waals surface area contributed by atoms with Crippen LogP contribution in [0, 0.1) is 12.3 Å². The van der Waals surface area contributed by atoms with Gasteiger partial charge in [0.1, 0.15) is 6.54 Å². The van der Waals surface area contributed by atoms with Crippen LogP contribution in [0.15, 0.2) is 0 Å². The lowest BCUT2D eigenvalue weighted by molar-refractivity contribution is -0.148. The van der Waals surface area contributed by atoms with Crippen molar-refractivity contribution in [1.82, 2.24) is 4.90 Å². The minimum Gasteiger partial charge on any atom is -0.480 e. The van der Waals surface area contributed by atoms with E-state index in [1.807, 2.05) is 0 Å². The van der Waals surface area contributed by atoms with Crippen molar-refractivity contribution >= 4 is 11.9 Å². The van der Waals surface area contributed by atoms with Gasteiger partial charge in [0.15, 0.2) is 0 Å². The van der Waals surface area contributed by atoms with Crippen LogP contribution in [0.1, 0.15) is 19.3 Å². The SMILES string of the molecule is C#CCN(CC(=O)O)C(=O)C1(N)CCC1. The van der Waals surface area contributed by atoms with E-state index in [0.29, 0.717) is 12.8 Å². The van der Waals surface area contributed by atoms with Gasteiger partial charge in [-0.2, -0.15) is 0 Å². The van der Waals surface area contributed by atoms with Crippen molar-refractivity contribution in [3.05, 3.63) is 0 Å². The number of carbonyl (C=O) groups excluding carboxylic acids is 1. The minimum absolute atomic E-state index is 0.00984. The highest BCUT2D eigenvalue weighted by Crippen LogP contribution is 2.30. The highest BCUT2D eigenvalue weighted by atomic mass is 16.4. The Morgan fingerprint density at radius 3 is 2.47 bits per heavy atom. The molecule has 5 nitrogen and oxygen atoms in total. The molecule has 0 aliphatic heterocycles. The van der Waals surface area contributed by atoms with Crippen molar-refractivity contribution in [1.29, 1.82) is 0 Å². The molecule has 3 N–H and O–H groups in total. The van der Waals surface area contributed by atoms with Crippen LogP contribution in [-0.4, -0.2) is 40.5 Å². The number of aliphatic carboxylic acids is 1. The van der Waals surface area contributed by atoms with Gasteiger partial charge in [-0.25, -0.2) is 0 Å². The fourth-order valence-electron chi connectivity index (χ4n) is 1.56. The molecule has 1 fully saturated rings. The van der Waals surface area contributed by atoms with Gasteiger partial charge in [0.05, 0.1) is 12.1 Å². The van der Waals surface area contributed by atoms with E-state index in [1.54, 1.807) is 0 Å². The molecule has 0 spiro atoms. The van der Waals surface area contributed by atoms with Crippen molar-refractivity contribution in [2.45, 2.75) is 24.8 Å². The van der Waals surface area contributed by atoms with Gasteiger partial charge in [-0.15, -0.1) is 6.42 Å². The quantitative estimate of drug-likeness (QED) is 0.608. The van der Waals surface area contributed by atoms with Crippen LogP contribution in [0.2, 0.25) is 0 Å². The Balaban J connectivity index is 2.67. The number of nitrogens with two attached hydrogens (primary N) is 1. The number of terminal acetylenes is 1. The number of amides is 1. The summed E-state index contributed by atoms with van der Waals surface area (Å²) in [5.41, 5.74) is 4.92. The zero-order valence-electron chi connectivity index (χ0n) is 8.40. The van der Waals surface area contributed by atoms with Gasteiger partial charge in [0, 0.05) is 0 Å². The molecule has 1 aliphatic carbocycles. The molecular weight excluding hydrogens is 196 g/mol. The monoisotopic (exact) mass is 210 g/mol. The van der Waals surface area contributed by atoms with Crippen LogP contribution < -0.4 is 5.73 Å². The van der Waals surface area contributed by atoms with Crippen molar-refractivity contribution in [2.75, 3.05) is 13.1 Å². The van der Waals surface area contributed by atoms with E-state index >= 15 is 0 Å². The molecule has 0 heterocycles. The van der Waals surface area contributed by atoms with Crippen LogP contribution in [-0.2, 0) is 9.59 Å². The first-order valence-corrected chi connectivity index (χ1v) is 4.73. The summed E-state index contributed by atoms with van der Waals surface area (Å²) in [5.74, 6) is 0.826. The van der Waals surface area contributed by atoms with Crippen molar-refractivity contribution in [2.24, 2.45) is 5.73 Å². The van der Waals surface area contributed by atoms with Crippen molar-refractivity contribution in [3.8, 4) is 12.3 Å². The lowest BCUT2D eigenvalue weighted by Crippen LogP contribution is -2.60. The zero-order chi connectivity index (χ0) is 11.5. The maximum Gasteiger partial charge on any atom is 0.323 e. The molecule has 0 bridgehead atoms. The fourth-order valence-corrected chi connectivity index (χ4v) is 1.56. The summed E-state index contributed by atoms with van der Waals surface area (Å²) >= 11 is 0. The van der Waals surface area contributed by atoms with Gasteiger partial charge in [-0.1, -0.05) is 5.92 Å². The molecule has 1 aliphatic rings. The summed E-state index contributed by atoms with van der Waals surface area (Å²) in [4.78, 5) is 23.4. The zero-order valence-corrected chi connectivity index (χ0v) is 8.40. The third-order valence-corrected chi connectivity index (χ3v) is 2.57. The number of carboxylic acid groups (broad SMARTS) is 1. The van der Waals surface area contributed by atoms with E-state index in [9.17, 15) is 9.59 Å². The molecule has 1 saturated carbocycles. The summed E-state index contributed by atoms with van der Waals surface area (Å²) in [6, 6.07) is 0. The van der Waals surface area contributed by atoms with Crippen LogP contribution >= 0.6 is 0 Å². The Labute approximate surface area is 88.2 Å². The van der Waals surface area contributed by atoms with Gasteiger partial charge >= 0.3 is 5.97 Å².